The van der Waals surface area contributed by atoms with Crippen molar-refractivity contribution in [2.24, 2.45) is 0 Å². The van der Waals surface area contributed by atoms with Crippen LogP contribution in [0.5, 0.6) is 0 Å². The summed E-state index contributed by atoms with van der Waals surface area (Å²) in [7, 11) is 0. The summed E-state index contributed by atoms with van der Waals surface area (Å²) in [6, 6.07) is 0. The monoisotopic (exact) mass is 132 g/mol. The highest BCUT2D eigenvalue weighted by molar-refractivity contribution is 4.64. The van der Waals surface area contributed by atoms with Gasteiger partial charge in [-0.3, -0.25) is 0 Å². The Morgan fingerprint density at radius 1 is 1.56 bits per heavy atom. The Bertz CT molecular complexity index is 76.4. The minimum Gasteiger partial charge on any atom is -0.378 e. The fraction of sp³-hybridized carbons (Fsp3) is 1.00. The molecule has 1 aliphatic rings. The second-order valence-corrected chi connectivity index (χ2v) is 2.35. The summed E-state index contributed by atoms with van der Waals surface area (Å²) < 4.78 is 5.14. The van der Waals surface area contributed by atoms with Gasteiger partial charge in [-0.1, -0.05) is 0 Å². The van der Waals surface area contributed by atoms with E-state index in [4.69, 9.17) is 14.9 Å². The number of ether oxygens (including phenoxy) is 1. The maximum Gasteiger partial charge on any atom is 0.153 e. The van der Waals surface area contributed by atoms with Gasteiger partial charge in [-0.05, 0) is 12.8 Å². The summed E-state index contributed by atoms with van der Waals surface area (Å²) in [5.41, 5.74) is 0. The van der Waals surface area contributed by atoms with Crippen LogP contribution in [-0.2, 0) is 4.74 Å². The van der Waals surface area contributed by atoms with Crippen molar-refractivity contribution in [3.63, 3.8) is 0 Å². The van der Waals surface area contributed by atoms with Crippen LogP contribution in [0.15, 0.2) is 0 Å². The van der Waals surface area contributed by atoms with Crippen molar-refractivity contribution < 1.29 is 14.9 Å². The molecule has 0 aromatic heterocycles. The summed E-state index contributed by atoms with van der Waals surface area (Å²) >= 11 is 0. The van der Waals surface area contributed by atoms with Crippen LogP contribution in [0, 0.1) is 0 Å². The molecule has 3 nitrogen and oxygen atoms in total. The zero-order chi connectivity index (χ0) is 6.69. The Labute approximate surface area is 54.3 Å². The molecule has 2 N–H and O–H groups in total. The van der Waals surface area contributed by atoms with Crippen LogP contribution in [-0.4, -0.2) is 29.2 Å². The van der Waals surface area contributed by atoms with E-state index < -0.39 is 6.29 Å². The van der Waals surface area contributed by atoms with Gasteiger partial charge in [-0.15, -0.1) is 0 Å². The van der Waals surface area contributed by atoms with Gasteiger partial charge in [-0.25, -0.2) is 0 Å². The molecule has 9 heavy (non-hydrogen) atoms. The van der Waals surface area contributed by atoms with Crippen LogP contribution in [0.1, 0.15) is 19.3 Å². The maximum atomic E-state index is 8.49. The molecule has 1 aliphatic heterocycles. The molecule has 0 spiro atoms. The van der Waals surface area contributed by atoms with Gasteiger partial charge in [0, 0.05) is 13.0 Å². The highest BCUT2D eigenvalue weighted by Crippen LogP contribution is 2.15. The van der Waals surface area contributed by atoms with Crippen molar-refractivity contribution in [2.75, 3.05) is 6.61 Å². The van der Waals surface area contributed by atoms with Gasteiger partial charge in [0.25, 0.3) is 0 Å². The lowest BCUT2D eigenvalue weighted by molar-refractivity contribution is -0.0731. The Morgan fingerprint density at radius 2 is 2.33 bits per heavy atom. The molecule has 1 heterocycles. The third-order valence-electron chi connectivity index (χ3n) is 1.50. The molecule has 1 saturated heterocycles. The first-order valence-electron chi connectivity index (χ1n) is 3.27. The van der Waals surface area contributed by atoms with E-state index in [0.717, 1.165) is 19.4 Å². The fourth-order valence-electron chi connectivity index (χ4n) is 1.07. The molecule has 1 unspecified atom stereocenters. The lowest BCUT2D eigenvalue weighted by Gasteiger charge is -2.09. The predicted octanol–water partition coefficient (Wildman–Crippen LogP) is -0.134. The third kappa shape index (κ3) is 2.30. The zero-order valence-electron chi connectivity index (χ0n) is 5.29. The van der Waals surface area contributed by atoms with Crippen LogP contribution in [0.3, 0.4) is 0 Å². The molecule has 0 aromatic carbocycles. The SMILES string of the molecule is OC(O)CC1CCCO1. The second-order valence-electron chi connectivity index (χ2n) is 2.35. The molecule has 54 valence electrons. The van der Waals surface area contributed by atoms with Gasteiger partial charge < -0.3 is 14.9 Å². The molecule has 1 atom stereocenters. The smallest absolute Gasteiger partial charge is 0.153 e. The number of hydrogen-bond donors (Lipinski definition) is 2. The van der Waals surface area contributed by atoms with Gasteiger partial charge in [-0.2, -0.15) is 0 Å². The van der Waals surface area contributed by atoms with Crippen LogP contribution in [0.25, 0.3) is 0 Å². The number of hydrogen-bond acceptors (Lipinski definition) is 3. The first-order valence-corrected chi connectivity index (χ1v) is 3.27. The van der Waals surface area contributed by atoms with Gasteiger partial charge in [0.2, 0.25) is 0 Å². The highest BCUT2D eigenvalue weighted by atomic mass is 16.5. The molecule has 1 fully saturated rings. The van der Waals surface area contributed by atoms with Crippen LogP contribution in [0.4, 0.5) is 0 Å². The Kier molecular flexibility index (Phi) is 2.45. The summed E-state index contributed by atoms with van der Waals surface area (Å²) in [6.07, 6.45) is 1.27. The zero-order valence-corrected chi connectivity index (χ0v) is 5.29. The van der Waals surface area contributed by atoms with Crippen molar-refractivity contribution in [2.45, 2.75) is 31.7 Å². The lowest BCUT2D eigenvalue weighted by atomic mass is 10.2. The molecule has 0 amide bonds. The minimum absolute atomic E-state index is 0.0880. The summed E-state index contributed by atoms with van der Waals surface area (Å²) in [6.45, 7) is 0.775. The van der Waals surface area contributed by atoms with Gasteiger partial charge in [0.1, 0.15) is 0 Å². The van der Waals surface area contributed by atoms with E-state index in [9.17, 15) is 0 Å². The van der Waals surface area contributed by atoms with Crippen LogP contribution >= 0.6 is 0 Å². The van der Waals surface area contributed by atoms with E-state index in [1.165, 1.54) is 0 Å². The number of rotatable bonds is 2. The molecular weight excluding hydrogens is 120 g/mol. The van der Waals surface area contributed by atoms with Crippen molar-refractivity contribution >= 4 is 0 Å². The molecule has 3 heteroatoms. The van der Waals surface area contributed by atoms with E-state index in [1.807, 2.05) is 0 Å². The predicted molar refractivity (Wildman–Crippen MR) is 31.8 cm³/mol. The summed E-state index contributed by atoms with van der Waals surface area (Å²) in [4.78, 5) is 0. The average Bonchev–Trinajstić information content (AvgIpc) is 2.15. The van der Waals surface area contributed by atoms with E-state index >= 15 is 0 Å². The van der Waals surface area contributed by atoms with E-state index in [1.54, 1.807) is 0 Å². The normalized spacial score (nSPS) is 27.7. The molecular formula is C6H12O3. The fourth-order valence-corrected chi connectivity index (χ4v) is 1.07. The summed E-state index contributed by atoms with van der Waals surface area (Å²) in [5.74, 6) is 0. The highest BCUT2D eigenvalue weighted by Gasteiger charge is 2.17. The third-order valence-corrected chi connectivity index (χ3v) is 1.50. The number of aliphatic hydroxyl groups excluding tert-OH is 1. The van der Waals surface area contributed by atoms with Crippen molar-refractivity contribution in [3.8, 4) is 0 Å². The van der Waals surface area contributed by atoms with Gasteiger partial charge in [0.05, 0.1) is 6.10 Å². The quantitative estimate of drug-likeness (QED) is 0.514. The topological polar surface area (TPSA) is 49.7 Å². The first kappa shape index (κ1) is 6.99. The molecule has 0 saturated carbocycles. The molecule has 0 bridgehead atoms. The molecule has 1 rings (SSSR count). The van der Waals surface area contributed by atoms with Crippen molar-refractivity contribution in [3.05, 3.63) is 0 Å². The standard InChI is InChI=1S/C6H12O3/c7-6(8)4-5-2-1-3-9-5/h5-8H,1-4H2. The average molecular weight is 132 g/mol. The Morgan fingerprint density at radius 3 is 2.78 bits per heavy atom. The molecule has 0 aliphatic carbocycles. The largest absolute Gasteiger partial charge is 0.378 e. The van der Waals surface area contributed by atoms with Gasteiger partial charge >= 0.3 is 0 Å². The Hall–Kier alpha value is -0.120. The lowest BCUT2D eigenvalue weighted by Crippen LogP contribution is -2.15. The molecule has 0 aromatic rings. The first-order chi connectivity index (χ1) is 4.29. The second kappa shape index (κ2) is 3.15. The molecule has 0 radical (unpaired) electrons. The maximum absolute atomic E-state index is 8.49. The summed E-state index contributed by atoms with van der Waals surface area (Å²) in [5, 5.41) is 17.0. The van der Waals surface area contributed by atoms with Gasteiger partial charge in [0.15, 0.2) is 6.29 Å². The van der Waals surface area contributed by atoms with Crippen LogP contribution in [0.2, 0.25) is 0 Å². The Balaban J connectivity index is 2.11. The van der Waals surface area contributed by atoms with E-state index in [-0.39, 0.29) is 6.10 Å². The van der Waals surface area contributed by atoms with Crippen molar-refractivity contribution in [1.82, 2.24) is 0 Å². The van der Waals surface area contributed by atoms with E-state index in [2.05, 4.69) is 0 Å². The van der Waals surface area contributed by atoms with E-state index in [0.29, 0.717) is 6.42 Å². The number of aliphatic hydroxyl groups is 2. The van der Waals surface area contributed by atoms with Crippen molar-refractivity contribution in [1.29, 1.82) is 0 Å². The van der Waals surface area contributed by atoms with Crippen LogP contribution < -0.4 is 0 Å². The minimum atomic E-state index is -1.20.